The van der Waals surface area contributed by atoms with E-state index in [4.69, 9.17) is 0 Å². The molecule has 1 nitrogen and oxygen atoms in total. The first kappa shape index (κ1) is 15.5. The monoisotopic (exact) mass is 289 g/mol. The van der Waals surface area contributed by atoms with Crippen molar-refractivity contribution in [3.8, 4) is 0 Å². The first-order chi connectivity index (χ1) is 10.1. The van der Waals surface area contributed by atoms with Crippen LogP contribution >= 0.6 is 0 Å². The molecule has 112 valence electrons. The van der Waals surface area contributed by atoms with E-state index < -0.39 is 12.5 Å². The normalized spacial score (nSPS) is 11.4. The molecule has 0 bridgehead atoms. The van der Waals surface area contributed by atoms with Gasteiger partial charge in [0, 0.05) is 11.3 Å². The van der Waals surface area contributed by atoms with Gasteiger partial charge in [-0.2, -0.15) is 8.78 Å². The van der Waals surface area contributed by atoms with Gasteiger partial charge < -0.3 is 5.32 Å². The van der Waals surface area contributed by atoms with Crippen LogP contribution < -0.4 is 5.32 Å². The van der Waals surface area contributed by atoms with Gasteiger partial charge in [-0.15, -0.1) is 0 Å². The Hall–Kier alpha value is -1.90. The van der Waals surface area contributed by atoms with E-state index in [1.165, 1.54) is 17.7 Å². The Bertz CT molecular complexity index is 535. The van der Waals surface area contributed by atoms with Crippen LogP contribution in [0, 0.1) is 0 Å². The Morgan fingerprint density at radius 1 is 0.952 bits per heavy atom. The molecule has 0 spiro atoms. The molecule has 2 aromatic rings. The predicted molar refractivity (Wildman–Crippen MR) is 83.9 cm³/mol. The summed E-state index contributed by atoms with van der Waals surface area (Å²) in [6.45, 7) is 1.76. The molecule has 0 saturated carbocycles. The maximum absolute atomic E-state index is 14.0. The fourth-order valence-electron chi connectivity index (χ4n) is 2.17. The van der Waals surface area contributed by atoms with Gasteiger partial charge in [0.25, 0.3) is 5.92 Å². The van der Waals surface area contributed by atoms with E-state index in [1.54, 1.807) is 18.2 Å². The maximum Gasteiger partial charge on any atom is 0.290 e. The number of hydrogen-bond donors (Lipinski definition) is 1. The molecule has 0 aliphatic carbocycles. The van der Waals surface area contributed by atoms with E-state index in [2.05, 4.69) is 12.2 Å². The third-order valence-corrected chi connectivity index (χ3v) is 3.48. The molecule has 0 radical (unpaired) electrons. The van der Waals surface area contributed by atoms with Crippen LogP contribution in [0.15, 0.2) is 54.6 Å². The molecule has 0 fully saturated rings. The van der Waals surface area contributed by atoms with Gasteiger partial charge in [-0.25, -0.2) is 0 Å². The lowest BCUT2D eigenvalue weighted by molar-refractivity contribution is 0.0106. The maximum atomic E-state index is 14.0. The van der Waals surface area contributed by atoms with E-state index in [-0.39, 0.29) is 5.56 Å². The standard InChI is InChI=1S/C18H21F2N/c1-2-3-7-15-10-12-17(13-11-15)21-14-18(19,20)16-8-5-4-6-9-16/h4-6,8-13,21H,2-3,7,14H2,1H3. The van der Waals surface area contributed by atoms with Crippen LogP contribution in [0.5, 0.6) is 0 Å². The number of benzene rings is 2. The highest BCUT2D eigenvalue weighted by Crippen LogP contribution is 2.28. The lowest BCUT2D eigenvalue weighted by atomic mass is 10.1. The molecule has 2 rings (SSSR count). The second-order valence-electron chi connectivity index (χ2n) is 5.22. The number of nitrogens with one attached hydrogen (secondary N) is 1. The van der Waals surface area contributed by atoms with Crippen molar-refractivity contribution in [2.75, 3.05) is 11.9 Å². The number of rotatable bonds is 7. The van der Waals surface area contributed by atoms with Crippen molar-refractivity contribution in [2.45, 2.75) is 32.1 Å². The van der Waals surface area contributed by atoms with Crippen LogP contribution in [-0.2, 0) is 12.3 Å². The van der Waals surface area contributed by atoms with Gasteiger partial charge in [-0.1, -0.05) is 55.8 Å². The minimum Gasteiger partial charge on any atom is -0.379 e. The van der Waals surface area contributed by atoms with Crippen molar-refractivity contribution in [1.29, 1.82) is 0 Å². The summed E-state index contributed by atoms with van der Waals surface area (Å²) in [5.74, 6) is -2.87. The Labute approximate surface area is 125 Å². The van der Waals surface area contributed by atoms with Crippen LogP contribution in [0.3, 0.4) is 0 Å². The van der Waals surface area contributed by atoms with Crippen molar-refractivity contribution >= 4 is 5.69 Å². The third-order valence-electron chi connectivity index (χ3n) is 3.48. The van der Waals surface area contributed by atoms with Gasteiger partial charge in [0.1, 0.15) is 0 Å². The molecule has 3 heteroatoms. The number of hydrogen-bond acceptors (Lipinski definition) is 1. The number of unbranched alkanes of at least 4 members (excludes halogenated alkanes) is 1. The van der Waals surface area contributed by atoms with Gasteiger partial charge in [-0.05, 0) is 30.5 Å². The average Bonchev–Trinajstić information content (AvgIpc) is 2.53. The van der Waals surface area contributed by atoms with Gasteiger partial charge in [0.05, 0.1) is 6.54 Å². The quantitative estimate of drug-likeness (QED) is 0.735. The zero-order valence-electron chi connectivity index (χ0n) is 12.3. The summed E-state index contributed by atoms with van der Waals surface area (Å²) in [4.78, 5) is 0. The molecule has 0 atom stereocenters. The van der Waals surface area contributed by atoms with E-state index in [0.29, 0.717) is 0 Å². The lowest BCUT2D eigenvalue weighted by Gasteiger charge is -2.18. The number of halogens is 2. The molecular formula is C18H21F2N. The predicted octanol–water partition coefficient (Wildman–Crippen LogP) is 5.23. The molecule has 2 aromatic carbocycles. The van der Waals surface area contributed by atoms with E-state index in [0.717, 1.165) is 24.9 Å². The Balaban J connectivity index is 1.93. The van der Waals surface area contributed by atoms with Crippen molar-refractivity contribution in [3.63, 3.8) is 0 Å². The molecule has 0 aliphatic rings. The van der Waals surface area contributed by atoms with E-state index in [9.17, 15) is 8.78 Å². The third kappa shape index (κ3) is 4.55. The molecule has 0 amide bonds. The minimum absolute atomic E-state index is 0.0389. The summed E-state index contributed by atoms with van der Waals surface area (Å²) in [7, 11) is 0. The van der Waals surface area contributed by atoms with Gasteiger partial charge in [0.2, 0.25) is 0 Å². The summed E-state index contributed by atoms with van der Waals surface area (Å²) >= 11 is 0. The molecule has 21 heavy (non-hydrogen) atoms. The Kier molecular flexibility index (Phi) is 5.32. The van der Waals surface area contributed by atoms with Gasteiger partial charge in [-0.3, -0.25) is 0 Å². The lowest BCUT2D eigenvalue weighted by Crippen LogP contribution is -2.24. The summed E-state index contributed by atoms with van der Waals surface area (Å²) in [6.07, 6.45) is 3.35. The molecule has 0 aliphatic heterocycles. The van der Waals surface area contributed by atoms with Crippen LogP contribution in [0.2, 0.25) is 0 Å². The van der Waals surface area contributed by atoms with Crippen molar-refractivity contribution in [3.05, 3.63) is 65.7 Å². The number of alkyl halides is 2. The summed E-state index contributed by atoms with van der Waals surface area (Å²) in [5.41, 5.74) is 2.01. The van der Waals surface area contributed by atoms with Crippen molar-refractivity contribution in [2.24, 2.45) is 0 Å². The first-order valence-corrected chi connectivity index (χ1v) is 7.38. The average molecular weight is 289 g/mol. The minimum atomic E-state index is -2.87. The molecule has 0 saturated heterocycles. The second kappa shape index (κ2) is 7.21. The van der Waals surface area contributed by atoms with E-state index >= 15 is 0 Å². The highest BCUT2D eigenvalue weighted by Gasteiger charge is 2.30. The van der Waals surface area contributed by atoms with Gasteiger partial charge >= 0.3 is 0 Å². The summed E-state index contributed by atoms with van der Waals surface area (Å²) in [5, 5.41) is 2.82. The summed E-state index contributed by atoms with van der Waals surface area (Å²) in [6, 6.07) is 15.6. The Morgan fingerprint density at radius 2 is 1.62 bits per heavy atom. The largest absolute Gasteiger partial charge is 0.379 e. The summed E-state index contributed by atoms with van der Waals surface area (Å²) < 4.78 is 28.0. The molecular weight excluding hydrogens is 268 g/mol. The van der Waals surface area contributed by atoms with Crippen molar-refractivity contribution in [1.82, 2.24) is 0 Å². The smallest absolute Gasteiger partial charge is 0.290 e. The topological polar surface area (TPSA) is 12.0 Å². The highest BCUT2D eigenvalue weighted by molar-refractivity contribution is 5.45. The molecule has 1 N–H and O–H groups in total. The molecule has 0 heterocycles. The molecule has 0 unspecified atom stereocenters. The van der Waals surface area contributed by atoms with Gasteiger partial charge in [0.15, 0.2) is 0 Å². The molecule has 0 aromatic heterocycles. The fourth-order valence-corrected chi connectivity index (χ4v) is 2.17. The number of aryl methyl sites for hydroxylation is 1. The second-order valence-corrected chi connectivity index (χ2v) is 5.22. The zero-order valence-corrected chi connectivity index (χ0v) is 12.3. The first-order valence-electron chi connectivity index (χ1n) is 7.38. The zero-order chi connectivity index (χ0) is 15.1. The van der Waals surface area contributed by atoms with Crippen LogP contribution in [-0.4, -0.2) is 6.54 Å². The fraction of sp³-hybridized carbons (Fsp3) is 0.333. The van der Waals surface area contributed by atoms with Crippen LogP contribution in [0.25, 0.3) is 0 Å². The van der Waals surface area contributed by atoms with Crippen LogP contribution in [0.1, 0.15) is 30.9 Å². The SMILES string of the molecule is CCCCc1ccc(NCC(F)(F)c2ccccc2)cc1. The number of anilines is 1. The van der Waals surface area contributed by atoms with Crippen molar-refractivity contribution < 1.29 is 8.78 Å². The van der Waals surface area contributed by atoms with Crippen LogP contribution in [0.4, 0.5) is 14.5 Å². The van der Waals surface area contributed by atoms with E-state index in [1.807, 2.05) is 24.3 Å². The highest BCUT2D eigenvalue weighted by atomic mass is 19.3. The Morgan fingerprint density at radius 3 is 2.24 bits per heavy atom.